The molecule has 138 valence electrons. The van der Waals surface area contributed by atoms with E-state index in [0.717, 1.165) is 25.7 Å². The van der Waals surface area contributed by atoms with Crippen LogP contribution in [-0.2, 0) is 9.47 Å². The van der Waals surface area contributed by atoms with E-state index in [1.807, 2.05) is 6.92 Å². The second-order valence-corrected chi connectivity index (χ2v) is 7.37. The van der Waals surface area contributed by atoms with Gasteiger partial charge in [0.15, 0.2) is 0 Å². The van der Waals surface area contributed by atoms with Gasteiger partial charge in [-0.15, -0.1) is 0 Å². The van der Waals surface area contributed by atoms with Gasteiger partial charge in [0.2, 0.25) is 0 Å². The molecule has 1 unspecified atom stereocenters. The van der Waals surface area contributed by atoms with E-state index in [1.165, 1.54) is 12.8 Å². The van der Waals surface area contributed by atoms with E-state index in [-0.39, 0.29) is 11.7 Å². The van der Waals surface area contributed by atoms with Crippen molar-refractivity contribution in [3.05, 3.63) is 35.4 Å². The summed E-state index contributed by atoms with van der Waals surface area (Å²) >= 11 is 0. The lowest BCUT2D eigenvalue weighted by molar-refractivity contribution is 0.0196. The van der Waals surface area contributed by atoms with Crippen LogP contribution in [0.1, 0.15) is 80.0 Å². The molecule has 1 saturated carbocycles. The number of ether oxygens (including phenoxy) is 2. The molecule has 1 aromatic rings. The number of esters is 2. The molecule has 1 atom stereocenters. The highest BCUT2D eigenvalue weighted by Gasteiger charge is 2.26. The monoisotopic (exact) mass is 346 g/mol. The molecule has 0 spiro atoms. The van der Waals surface area contributed by atoms with Crippen molar-refractivity contribution >= 4 is 11.9 Å². The van der Waals surface area contributed by atoms with E-state index in [1.54, 1.807) is 24.3 Å². The first-order valence-corrected chi connectivity index (χ1v) is 9.46. The lowest BCUT2D eigenvalue weighted by atomic mass is 10.0. The Labute approximate surface area is 150 Å². The first-order valence-electron chi connectivity index (χ1n) is 9.46. The molecule has 25 heavy (non-hydrogen) atoms. The second-order valence-electron chi connectivity index (χ2n) is 7.37. The zero-order valence-electron chi connectivity index (χ0n) is 15.6. The van der Waals surface area contributed by atoms with Gasteiger partial charge in [-0.05, 0) is 56.6 Å². The topological polar surface area (TPSA) is 52.6 Å². The van der Waals surface area contributed by atoms with E-state index >= 15 is 0 Å². The third kappa shape index (κ3) is 5.87. The maximum atomic E-state index is 12.5. The number of hydrogen-bond acceptors (Lipinski definition) is 4. The Hall–Kier alpha value is -1.84. The second kappa shape index (κ2) is 9.59. The fraction of sp³-hybridized carbons (Fsp3) is 0.619. The lowest BCUT2D eigenvalue weighted by Crippen LogP contribution is -2.23. The molecular weight excluding hydrogens is 316 g/mol. The molecule has 0 N–H and O–H groups in total. The Morgan fingerprint density at radius 2 is 1.64 bits per heavy atom. The van der Waals surface area contributed by atoms with Gasteiger partial charge in [0.25, 0.3) is 0 Å². The van der Waals surface area contributed by atoms with Gasteiger partial charge >= 0.3 is 11.9 Å². The van der Waals surface area contributed by atoms with Gasteiger partial charge < -0.3 is 9.47 Å². The highest BCUT2D eigenvalue weighted by Crippen LogP contribution is 2.29. The van der Waals surface area contributed by atoms with Crippen molar-refractivity contribution in [3.8, 4) is 0 Å². The lowest BCUT2D eigenvalue weighted by Gasteiger charge is -2.20. The standard InChI is InChI=1S/C21H30O4/c1-15(2)9-8-14-24-20(22)18-12-6-7-13-19(18)21(23)25-16(3)17-10-4-5-11-17/h6-7,12-13,15-17H,4-5,8-11,14H2,1-3H3. The van der Waals surface area contributed by atoms with Crippen molar-refractivity contribution in [3.63, 3.8) is 0 Å². The highest BCUT2D eigenvalue weighted by atomic mass is 16.5. The number of rotatable bonds is 8. The molecule has 0 aromatic heterocycles. The molecule has 0 radical (unpaired) electrons. The van der Waals surface area contributed by atoms with Gasteiger partial charge in [-0.1, -0.05) is 38.8 Å². The zero-order chi connectivity index (χ0) is 18.2. The van der Waals surface area contributed by atoms with Gasteiger partial charge in [0.05, 0.1) is 17.7 Å². The fourth-order valence-electron chi connectivity index (χ4n) is 3.33. The molecule has 0 saturated heterocycles. The molecule has 1 aliphatic carbocycles. The van der Waals surface area contributed by atoms with Crippen molar-refractivity contribution in [2.24, 2.45) is 11.8 Å². The Morgan fingerprint density at radius 1 is 1.04 bits per heavy atom. The molecule has 4 nitrogen and oxygen atoms in total. The largest absolute Gasteiger partial charge is 0.462 e. The smallest absolute Gasteiger partial charge is 0.339 e. The molecule has 0 heterocycles. The molecule has 1 aromatic carbocycles. The van der Waals surface area contributed by atoms with E-state index in [4.69, 9.17) is 9.47 Å². The SMILES string of the molecule is CC(C)CCCOC(=O)c1ccccc1C(=O)OC(C)C1CCCC1. The number of benzene rings is 1. The molecule has 0 amide bonds. The van der Waals surface area contributed by atoms with E-state index < -0.39 is 11.9 Å². The predicted octanol–water partition coefficient (Wildman–Crippen LogP) is 5.02. The van der Waals surface area contributed by atoms with Gasteiger partial charge in [0, 0.05) is 0 Å². The number of carbonyl (C=O) groups is 2. The molecule has 2 rings (SSSR count). The van der Waals surface area contributed by atoms with E-state index in [0.29, 0.717) is 24.0 Å². The van der Waals surface area contributed by atoms with Gasteiger partial charge in [0.1, 0.15) is 6.10 Å². The van der Waals surface area contributed by atoms with Crippen LogP contribution in [0.25, 0.3) is 0 Å². The summed E-state index contributed by atoms with van der Waals surface area (Å²) in [7, 11) is 0. The van der Waals surface area contributed by atoms with Crippen molar-refractivity contribution < 1.29 is 19.1 Å². The molecular formula is C21H30O4. The maximum Gasteiger partial charge on any atom is 0.339 e. The van der Waals surface area contributed by atoms with Crippen LogP contribution in [0.2, 0.25) is 0 Å². The van der Waals surface area contributed by atoms with E-state index in [9.17, 15) is 9.59 Å². The quantitative estimate of drug-likeness (QED) is 0.490. The van der Waals surface area contributed by atoms with E-state index in [2.05, 4.69) is 13.8 Å². The molecule has 0 aliphatic heterocycles. The van der Waals surface area contributed by atoms with Crippen molar-refractivity contribution in [1.82, 2.24) is 0 Å². The van der Waals surface area contributed by atoms with Crippen molar-refractivity contribution in [2.75, 3.05) is 6.61 Å². The van der Waals surface area contributed by atoms with Crippen LogP contribution in [0.15, 0.2) is 24.3 Å². The Bertz CT molecular complexity index is 573. The summed E-state index contributed by atoms with van der Waals surface area (Å²) in [5.74, 6) is 0.121. The summed E-state index contributed by atoms with van der Waals surface area (Å²) in [6.07, 6.45) is 6.33. The van der Waals surface area contributed by atoms with Crippen LogP contribution in [0.5, 0.6) is 0 Å². The first-order chi connectivity index (χ1) is 12.0. The van der Waals surface area contributed by atoms with Crippen LogP contribution in [0.3, 0.4) is 0 Å². The number of hydrogen-bond donors (Lipinski definition) is 0. The molecule has 0 bridgehead atoms. The summed E-state index contributed by atoms with van der Waals surface area (Å²) in [4.78, 5) is 24.9. The minimum Gasteiger partial charge on any atom is -0.462 e. The van der Waals surface area contributed by atoms with Gasteiger partial charge in [-0.2, -0.15) is 0 Å². The Kier molecular flexibility index (Phi) is 7.48. The number of carbonyl (C=O) groups excluding carboxylic acids is 2. The Morgan fingerprint density at radius 3 is 2.24 bits per heavy atom. The van der Waals surface area contributed by atoms with Crippen LogP contribution in [-0.4, -0.2) is 24.6 Å². The maximum absolute atomic E-state index is 12.5. The summed E-state index contributed by atoms with van der Waals surface area (Å²) in [5.41, 5.74) is 0.580. The third-order valence-electron chi connectivity index (χ3n) is 4.88. The van der Waals surface area contributed by atoms with Crippen LogP contribution >= 0.6 is 0 Å². The summed E-state index contributed by atoms with van der Waals surface area (Å²) in [6.45, 7) is 6.59. The van der Waals surface area contributed by atoms with Crippen LogP contribution < -0.4 is 0 Å². The van der Waals surface area contributed by atoms with Gasteiger partial charge in [-0.25, -0.2) is 9.59 Å². The molecule has 4 heteroatoms. The minimum absolute atomic E-state index is 0.120. The van der Waals surface area contributed by atoms with Crippen molar-refractivity contribution in [2.45, 2.75) is 65.4 Å². The summed E-state index contributed by atoms with van der Waals surface area (Å²) in [6, 6.07) is 6.74. The normalized spacial score (nSPS) is 16.0. The van der Waals surface area contributed by atoms with Crippen molar-refractivity contribution in [1.29, 1.82) is 0 Å². The minimum atomic E-state index is -0.454. The summed E-state index contributed by atoms with van der Waals surface area (Å²) < 4.78 is 10.9. The predicted molar refractivity (Wildman–Crippen MR) is 97.6 cm³/mol. The average Bonchev–Trinajstić information content (AvgIpc) is 3.13. The fourth-order valence-corrected chi connectivity index (χ4v) is 3.33. The average molecular weight is 346 g/mol. The highest BCUT2D eigenvalue weighted by molar-refractivity contribution is 6.03. The summed E-state index contributed by atoms with van der Waals surface area (Å²) in [5, 5.41) is 0. The Balaban J connectivity index is 1.96. The third-order valence-corrected chi connectivity index (χ3v) is 4.88. The zero-order valence-corrected chi connectivity index (χ0v) is 15.6. The van der Waals surface area contributed by atoms with Gasteiger partial charge in [-0.3, -0.25) is 0 Å². The molecule has 1 fully saturated rings. The molecule has 1 aliphatic rings. The first kappa shape index (κ1) is 19.5. The van der Waals surface area contributed by atoms with Crippen LogP contribution in [0, 0.1) is 11.8 Å². The van der Waals surface area contributed by atoms with Crippen LogP contribution in [0.4, 0.5) is 0 Å².